The normalized spacial score (nSPS) is 16.2. The first-order valence-corrected chi connectivity index (χ1v) is 8.90. The summed E-state index contributed by atoms with van der Waals surface area (Å²) in [6.07, 6.45) is 2.29. The maximum Gasteiger partial charge on any atom is 0.414 e. The van der Waals surface area contributed by atoms with Crippen molar-refractivity contribution < 1.29 is 29.7 Å². The van der Waals surface area contributed by atoms with Crippen LogP contribution < -0.4 is 0 Å². The van der Waals surface area contributed by atoms with Crippen LogP contribution in [-0.2, 0) is 16.1 Å². The number of aliphatic carboxylic acids is 2. The Bertz CT molecular complexity index is 814. The summed E-state index contributed by atoms with van der Waals surface area (Å²) in [6, 6.07) is 7.83. The first kappa shape index (κ1) is 21.5. The van der Waals surface area contributed by atoms with Gasteiger partial charge < -0.3 is 24.8 Å². The molecular formula is C19H25N3O6. The Morgan fingerprint density at radius 1 is 1.07 bits per heavy atom. The number of carboxylic acid groups (broad SMARTS) is 2. The van der Waals surface area contributed by atoms with Gasteiger partial charge in [0.1, 0.15) is 0 Å². The van der Waals surface area contributed by atoms with Crippen molar-refractivity contribution >= 4 is 29.1 Å². The maximum absolute atomic E-state index is 11.2. The molecule has 28 heavy (non-hydrogen) atoms. The molecule has 0 amide bonds. The number of nitrogens with zero attached hydrogens (tertiary/aromatic N) is 3. The molecular weight excluding hydrogens is 366 g/mol. The van der Waals surface area contributed by atoms with Gasteiger partial charge in [-0.25, -0.2) is 9.59 Å². The van der Waals surface area contributed by atoms with E-state index in [4.69, 9.17) is 19.8 Å². The van der Waals surface area contributed by atoms with Crippen molar-refractivity contribution in [3.05, 3.63) is 36.0 Å². The number of likely N-dealkylation sites (N-methyl/N-ethyl adjacent to an activating group) is 1. The molecule has 0 aliphatic carbocycles. The van der Waals surface area contributed by atoms with Crippen molar-refractivity contribution in [2.45, 2.75) is 12.6 Å². The van der Waals surface area contributed by atoms with Gasteiger partial charge in [-0.3, -0.25) is 9.69 Å². The van der Waals surface area contributed by atoms with Crippen LogP contribution in [0.1, 0.15) is 10.4 Å². The third-order valence-electron chi connectivity index (χ3n) is 4.60. The smallest absolute Gasteiger partial charge is 0.414 e. The fourth-order valence-electron chi connectivity index (χ4n) is 3.13. The number of carboxylic acids is 2. The van der Waals surface area contributed by atoms with Crippen molar-refractivity contribution in [2.24, 2.45) is 0 Å². The van der Waals surface area contributed by atoms with E-state index in [1.807, 2.05) is 35.0 Å². The average molecular weight is 391 g/mol. The molecule has 1 unspecified atom stereocenters. The standard InChI is InChI=1S/C17H23N3O2.C2H2O4/c1-18-6-8-19(9-7-18)11-15(22)12-20-10-14(13-21)16-4-2-3-5-17(16)20;3-1(4)2(5)6/h2-5,10,13,15,22H,6-9,11-12H2,1H3;(H,3,4)(H,5,6). The van der Waals surface area contributed by atoms with Crippen LogP contribution in [0.15, 0.2) is 30.5 Å². The summed E-state index contributed by atoms with van der Waals surface area (Å²) < 4.78 is 1.99. The lowest BCUT2D eigenvalue weighted by Gasteiger charge is -2.33. The van der Waals surface area contributed by atoms with Crippen LogP contribution in [0.2, 0.25) is 0 Å². The Kier molecular flexibility index (Phi) is 7.68. The number of aromatic nitrogens is 1. The molecule has 0 bridgehead atoms. The number of hydrogen-bond acceptors (Lipinski definition) is 6. The van der Waals surface area contributed by atoms with Crippen molar-refractivity contribution in [3.63, 3.8) is 0 Å². The van der Waals surface area contributed by atoms with Gasteiger partial charge >= 0.3 is 11.9 Å². The topological polar surface area (TPSA) is 123 Å². The molecule has 1 aromatic heterocycles. The minimum Gasteiger partial charge on any atom is -0.473 e. The van der Waals surface area contributed by atoms with Crippen LogP contribution in [0.5, 0.6) is 0 Å². The van der Waals surface area contributed by atoms with E-state index in [-0.39, 0.29) is 0 Å². The van der Waals surface area contributed by atoms with Gasteiger partial charge in [-0.1, -0.05) is 18.2 Å². The number of aldehydes is 1. The molecule has 1 aliphatic heterocycles. The van der Waals surface area contributed by atoms with Crippen molar-refractivity contribution in [1.29, 1.82) is 0 Å². The second-order valence-electron chi connectivity index (χ2n) is 6.74. The lowest BCUT2D eigenvalue weighted by atomic mass is 10.2. The molecule has 2 aromatic rings. The van der Waals surface area contributed by atoms with Crippen LogP contribution in [-0.4, -0.2) is 93.8 Å². The number of carbonyl (C=O) groups excluding carboxylic acids is 1. The lowest BCUT2D eigenvalue weighted by molar-refractivity contribution is -0.159. The van der Waals surface area contributed by atoms with Crippen LogP contribution in [0.3, 0.4) is 0 Å². The minimum atomic E-state index is -1.82. The Morgan fingerprint density at radius 2 is 1.68 bits per heavy atom. The Morgan fingerprint density at radius 3 is 2.25 bits per heavy atom. The fraction of sp³-hybridized carbons (Fsp3) is 0.421. The molecule has 9 heteroatoms. The van der Waals surface area contributed by atoms with Crippen molar-refractivity contribution in [1.82, 2.24) is 14.4 Å². The van der Waals surface area contributed by atoms with Crippen LogP contribution in [0, 0.1) is 0 Å². The van der Waals surface area contributed by atoms with E-state index in [9.17, 15) is 9.90 Å². The van der Waals surface area contributed by atoms with Gasteiger partial charge in [0.25, 0.3) is 0 Å². The number of fused-ring (bicyclic) bond motifs is 1. The molecule has 1 atom stereocenters. The predicted octanol–water partition coefficient (Wildman–Crippen LogP) is 0.218. The van der Waals surface area contributed by atoms with Gasteiger partial charge in [-0.15, -0.1) is 0 Å². The number of rotatable bonds is 5. The molecule has 1 aliphatic rings. The molecule has 1 aromatic carbocycles. The first-order chi connectivity index (χ1) is 13.3. The number of β-amino-alcohol motifs (C(OH)–C–C–N with tert-alkyl or cyclic N) is 1. The van der Waals surface area contributed by atoms with Gasteiger partial charge in [0, 0.05) is 61.9 Å². The summed E-state index contributed by atoms with van der Waals surface area (Å²) >= 11 is 0. The highest BCUT2D eigenvalue weighted by Crippen LogP contribution is 2.20. The number of carbonyl (C=O) groups is 3. The van der Waals surface area contributed by atoms with E-state index in [1.54, 1.807) is 0 Å². The summed E-state index contributed by atoms with van der Waals surface area (Å²) in [6.45, 7) is 5.29. The van der Waals surface area contributed by atoms with E-state index in [0.29, 0.717) is 18.7 Å². The maximum atomic E-state index is 11.2. The summed E-state index contributed by atoms with van der Waals surface area (Å²) in [5.74, 6) is -3.65. The van der Waals surface area contributed by atoms with E-state index in [2.05, 4.69) is 16.8 Å². The van der Waals surface area contributed by atoms with E-state index in [0.717, 1.165) is 43.4 Å². The highest BCUT2D eigenvalue weighted by Gasteiger charge is 2.18. The van der Waals surface area contributed by atoms with E-state index >= 15 is 0 Å². The summed E-state index contributed by atoms with van der Waals surface area (Å²) in [4.78, 5) is 34.0. The third-order valence-corrected chi connectivity index (χ3v) is 4.60. The Hall–Kier alpha value is -2.75. The molecule has 0 saturated carbocycles. The number of benzene rings is 1. The Labute approximate surface area is 162 Å². The third kappa shape index (κ3) is 5.88. The highest BCUT2D eigenvalue weighted by molar-refractivity contribution is 6.27. The van der Waals surface area contributed by atoms with Gasteiger partial charge in [0.15, 0.2) is 6.29 Å². The van der Waals surface area contributed by atoms with Crippen LogP contribution >= 0.6 is 0 Å². The lowest BCUT2D eigenvalue weighted by Crippen LogP contribution is -2.47. The number of aliphatic hydroxyl groups is 1. The molecule has 152 valence electrons. The molecule has 1 fully saturated rings. The largest absolute Gasteiger partial charge is 0.473 e. The number of piperazine rings is 1. The van der Waals surface area contributed by atoms with Crippen molar-refractivity contribution in [3.8, 4) is 0 Å². The predicted molar refractivity (Wildman–Crippen MR) is 103 cm³/mol. The average Bonchev–Trinajstić information content (AvgIpc) is 3.02. The number of para-hydroxylation sites is 1. The van der Waals surface area contributed by atoms with Gasteiger partial charge in [0.2, 0.25) is 0 Å². The van der Waals surface area contributed by atoms with E-state index < -0.39 is 18.0 Å². The first-order valence-electron chi connectivity index (χ1n) is 8.90. The molecule has 3 N–H and O–H groups in total. The molecule has 0 radical (unpaired) electrons. The second-order valence-corrected chi connectivity index (χ2v) is 6.74. The highest BCUT2D eigenvalue weighted by atomic mass is 16.4. The minimum absolute atomic E-state index is 0.432. The monoisotopic (exact) mass is 391 g/mol. The molecule has 3 rings (SSSR count). The second kappa shape index (κ2) is 9.98. The number of hydrogen-bond donors (Lipinski definition) is 3. The van der Waals surface area contributed by atoms with Crippen molar-refractivity contribution in [2.75, 3.05) is 39.8 Å². The summed E-state index contributed by atoms with van der Waals surface area (Å²) in [7, 11) is 2.13. The fourth-order valence-corrected chi connectivity index (χ4v) is 3.13. The SMILES string of the molecule is CN1CCN(CC(O)Cn2cc(C=O)c3ccccc32)CC1.O=C(O)C(=O)O. The molecule has 9 nitrogen and oxygen atoms in total. The summed E-state index contributed by atoms with van der Waals surface area (Å²) in [5, 5.41) is 26.1. The van der Waals surface area contributed by atoms with Gasteiger partial charge in [-0.05, 0) is 13.1 Å². The zero-order valence-corrected chi connectivity index (χ0v) is 15.7. The molecule has 0 spiro atoms. The van der Waals surface area contributed by atoms with Gasteiger partial charge in [0.05, 0.1) is 6.10 Å². The van der Waals surface area contributed by atoms with E-state index in [1.165, 1.54) is 0 Å². The van der Waals surface area contributed by atoms with Gasteiger partial charge in [-0.2, -0.15) is 0 Å². The molecule has 2 heterocycles. The zero-order chi connectivity index (χ0) is 20.7. The van der Waals surface area contributed by atoms with Crippen LogP contribution in [0.25, 0.3) is 10.9 Å². The Balaban J connectivity index is 0.000000409. The summed E-state index contributed by atoms with van der Waals surface area (Å²) in [5.41, 5.74) is 1.68. The van der Waals surface area contributed by atoms with Crippen LogP contribution in [0.4, 0.5) is 0 Å². The molecule has 1 saturated heterocycles. The number of aliphatic hydroxyl groups excluding tert-OH is 1. The zero-order valence-electron chi connectivity index (χ0n) is 15.7. The quantitative estimate of drug-likeness (QED) is 0.489.